The molecule has 4 rings (SSSR count). The first-order chi connectivity index (χ1) is 16.8. The monoisotopic (exact) mass is 533 g/mol. The van der Waals surface area contributed by atoms with Crippen LogP contribution in [0.5, 0.6) is 5.75 Å². The van der Waals surface area contributed by atoms with Crippen LogP contribution in [0, 0.1) is 0 Å². The number of hydrogen-bond donors (Lipinski definition) is 2. The Hall–Kier alpha value is -3.49. The van der Waals surface area contributed by atoms with Crippen molar-refractivity contribution in [3.63, 3.8) is 0 Å². The van der Waals surface area contributed by atoms with Crippen LogP contribution in [-0.2, 0) is 19.6 Å². The Labute approximate surface area is 208 Å². The van der Waals surface area contributed by atoms with Crippen LogP contribution in [0.2, 0.25) is 0 Å². The Balaban J connectivity index is 1.25. The number of amides is 3. The number of thioether (sulfide) groups is 1. The maximum Gasteiger partial charge on any atom is 0.269 e. The van der Waals surface area contributed by atoms with Gasteiger partial charge in [-0.3, -0.25) is 19.7 Å². The molecule has 182 valence electrons. The first-order valence-corrected chi connectivity index (χ1v) is 13.4. The van der Waals surface area contributed by atoms with Gasteiger partial charge in [-0.05, 0) is 36.4 Å². The van der Waals surface area contributed by atoms with Crippen molar-refractivity contribution < 1.29 is 27.5 Å². The molecule has 2 aromatic carbocycles. The van der Waals surface area contributed by atoms with Gasteiger partial charge in [-0.1, -0.05) is 35.2 Å². The lowest BCUT2D eigenvalue weighted by Gasteiger charge is -2.13. The zero-order valence-electron chi connectivity index (χ0n) is 18.3. The molecule has 0 saturated heterocycles. The average molecular weight is 534 g/mol. The fraction of sp³-hybridized carbons (Fsp3) is 0.190. The third-order valence-corrected chi connectivity index (χ3v) is 8.54. The van der Waals surface area contributed by atoms with Crippen LogP contribution in [-0.4, -0.2) is 60.0 Å². The molecule has 1 aliphatic rings. The number of methoxy groups -OCH3 is 1. The van der Waals surface area contributed by atoms with E-state index < -0.39 is 28.4 Å². The third kappa shape index (κ3) is 5.61. The van der Waals surface area contributed by atoms with Gasteiger partial charge in [0.1, 0.15) is 17.2 Å². The second-order valence-electron chi connectivity index (χ2n) is 7.11. The van der Waals surface area contributed by atoms with Crippen molar-refractivity contribution in [1.82, 2.24) is 14.5 Å². The predicted molar refractivity (Wildman–Crippen MR) is 130 cm³/mol. The summed E-state index contributed by atoms with van der Waals surface area (Å²) in [5, 5.41) is 13.2. The lowest BCUT2D eigenvalue weighted by Crippen LogP contribution is -2.37. The summed E-state index contributed by atoms with van der Waals surface area (Å²) in [6, 6.07) is 12.8. The number of sulfonamides is 1. The van der Waals surface area contributed by atoms with Crippen LogP contribution < -0.4 is 15.4 Å². The maximum absolute atomic E-state index is 12.6. The molecule has 0 unspecified atom stereocenters. The van der Waals surface area contributed by atoms with Crippen molar-refractivity contribution in [2.75, 3.05) is 30.0 Å². The molecule has 0 bridgehead atoms. The fourth-order valence-electron chi connectivity index (χ4n) is 3.12. The van der Waals surface area contributed by atoms with Crippen molar-refractivity contribution in [3.05, 3.63) is 54.1 Å². The summed E-state index contributed by atoms with van der Waals surface area (Å²) in [6.45, 7) is -0.677. The molecule has 3 amide bonds. The van der Waals surface area contributed by atoms with Gasteiger partial charge in [-0.2, -0.15) is 0 Å². The van der Waals surface area contributed by atoms with E-state index in [2.05, 4.69) is 20.8 Å². The number of aromatic nitrogens is 2. The minimum absolute atomic E-state index is 0.0333. The van der Waals surface area contributed by atoms with E-state index >= 15 is 0 Å². The number of nitrogens with zero attached hydrogens (tertiary/aromatic N) is 3. The van der Waals surface area contributed by atoms with Crippen molar-refractivity contribution in [3.8, 4) is 5.75 Å². The third-order valence-electron chi connectivity index (χ3n) is 4.78. The normalized spacial score (nSPS) is 13.9. The van der Waals surface area contributed by atoms with E-state index in [0.29, 0.717) is 25.8 Å². The summed E-state index contributed by atoms with van der Waals surface area (Å²) in [5.74, 6) is -0.517. The molecule has 0 saturated carbocycles. The number of carbonyl (C=O) groups excluding carboxylic acids is 3. The summed E-state index contributed by atoms with van der Waals surface area (Å²) < 4.78 is 31.3. The van der Waals surface area contributed by atoms with Gasteiger partial charge in [0.05, 0.1) is 12.7 Å². The van der Waals surface area contributed by atoms with Crippen LogP contribution in [0.4, 0.5) is 10.8 Å². The standard InChI is InChI=1S/C21H19N5O6S3/c1-32-14-8-6-13(7-9-14)22-17(27)10-11-33-21-25-24-20(34-21)23-18(28)12-26-19(29)15-4-2-3-5-16(15)35(26,30)31/h2-9H,10-12H2,1H3,(H,22,27)(H,23,24,28). The topological polar surface area (TPSA) is 148 Å². The number of benzene rings is 2. The number of rotatable bonds is 9. The molecule has 35 heavy (non-hydrogen) atoms. The van der Waals surface area contributed by atoms with Gasteiger partial charge in [-0.25, -0.2) is 12.7 Å². The Morgan fingerprint density at radius 2 is 1.80 bits per heavy atom. The number of carbonyl (C=O) groups is 3. The Morgan fingerprint density at radius 1 is 1.06 bits per heavy atom. The molecule has 1 aliphatic heterocycles. The molecule has 0 atom stereocenters. The van der Waals surface area contributed by atoms with E-state index in [0.717, 1.165) is 11.3 Å². The zero-order chi connectivity index (χ0) is 25.0. The summed E-state index contributed by atoms with van der Waals surface area (Å²) in [7, 11) is -2.52. The van der Waals surface area contributed by atoms with E-state index in [1.54, 1.807) is 37.4 Å². The van der Waals surface area contributed by atoms with E-state index in [4.69, 9.17) is 4.74 Å². The van der Waals surface area contributed by atoms with Crippen LogP contribution in [0.3, 0.4) is 0 Å². The average Bonchev–Trinajstić information content (AvgIpc) is 3.36. The molecular weight excluding hydrogens is 514 g/mol. The van der Waals surface area contributed by atoms with Gasteiger partial charge in [0.25, 0.3) is 15.9 Å². The molecule has 0 radical (unpaired) electrons. The Bertz CT molecular complexity index is 1370. The van der Waals surface area contributed by atoms with Crippen LogP contribution in [0.1, 0.15) is 16.8 Å². The minimum Gasteiger partial charge on any atom is -0.497 e. The highest BCUT2D eigenvalue weighted by molar-refractivity contribution is 8.01. The van der Waals surface area contributed by atoms with Crippen LogP contribution >= 0.6 is 23.1 Å². The molecule has 2 heterocycles. The van der Waals surface area contributed by atoms with E-state index in [1.165, 1.54) is 30.0 Å². The minimum atomic E-state index is -4.08. The van der Waals surface area contributed by atoms with E-state index in [-0.39, 0.29) is 27.9 Å². The molecule has 11 nitrogen and oxygen atoms in total. The molecular formula is C21H19N5O6S3. The second kappa shape index (κ2) is 10.4. The lowest BCUT2D eigenvalue weighted by atomic mass is 10.2. The van der Waals surface area contributed by atoms with Crippen molar-refractivity contribution >= 4 is 61.7 Å². The first-order valence-electron chi connectivity index (χ1n) is 10.1. The largest absolute Gasteiger partial charge is 0.497 e. The van der Waals surface area contributed by atoms with Gasteiger partial charge in [0, 0.05) is 17.9 Å². The van der Waals surface area contributed by atoms with Gasteiger partial charge in [-0.15, -0.1) is 10.2 Å². The highest BCUT2D eigenvalue weighted by Gasteiger charge is 2.41. The van der Waals surface area contributed by atoms with Crippen LogP contribution in [0.15, 0.2) is 57.8 Å². The number of anilines is 2. The highest BCUT2D eigenvalue weighted by atomic mass is 32.2. The van der Waals surface area contributed by atoms with E-state index in [1.807, 2.05) is 0 Å². The predicted octanol–water partition coefficient (Wildman–Crippen LogP) is 2.45. The number of ether oxygens (including phenoxy) is 1. The summed E-state index contributed by atoms with van der Waals surface area (Å²) in [4.78, 5) is 36.8. The van der Waals surface area contributed by atoms with Gasteiger partial charge in [0.15, 0.2) is 4.34 Å². The van der Waals surface area contributed by atoms with Crippen LogP contribution in [0.25, 0.3) is 0 Å². The number of nitrogens with one attached hydrogen (secondary N) is 2. The number of hydrogen-bond acceptors (Lipinski definition) is 10. The molecule has 3 aromatic rings. The molecule has 0 fully saturated rings. The van der Waals surface area contributed by atoms with Crippen molar-refractivity contribution in [1.29, 1.82) is 0 Å². The van der Waals surface area contributed by atoms with E-state index in [9.17, 15) is 22.8 Å². The second-order valence-corrected chi connectivity index (χ2v) is 11.3. The summed E-state index contributed by atoms with van der Waals surface area (Å²) in [5.41, 5.74) is 0.689. The van der Waals surface area contributed by atoms with Gasteiger partial charge >= 0.3 is 0 Å². The number of fused-ring (bicyclic) bond motifs is 1. The fourth-order valence-corrected chi connectivity index (χ4v) is 6.43. The molecule has 0 spiro atoms. The van der Waals surface area contributed by atoms with Crippen molar-refractivity contribution in [2.45, 2.75) is 15.7 Å². The summed E-state index contributed by atoms with van der Waals surface area (Å²) >= 11 is 2.37. The Kier molecular flexibility index (Phi) is 7.33. The lowest BCUT2D eigenvalue weighted by molar-refractivity contribution is -0.116. The van der Waals surface area contributed by atoms with Gasteiger partial charge < -0.3 is 10.1 Å². The molecule has 2 N–H and O–H groups in total. The maximum atomic E-state index is 12.6. The SMILES string of the molecule is COc1ccc(NC(=O)CCSc2nnc(NC(=O)CN3C(=O)c4ccccc4S3(=O)=O)s2)cc1. The quantitative estimate of drug-likeness (QED) is 0.313. The highest BCUT2D eigenvalue weighted by Crippen LogP contribution is 2.30. The van der Waals surface area contributed by atoms with Crippen molar-refractivity contribution in [2.24, 2.45) is 0 Å². The zero-order valence-corrected chi connectivity index (χ0v) is 20.7. The molecule has 1 aromatic heterocycles. The summed E-state index contributed by atoms with van der Waals surface area (Å²) in [6.07, 6.45) is 0.230. The Morgan fingerprint density at radius 3 is 2.51 bits per heavy atom. The first kappa shape index (κ1) is 24.6. The van der Waals surface area contributed by atoms with Gasteiger partial charge in [0.2, 0.25) is 16.9 Å². The molecule has 14 heteroatoms. The molecule has 0 aliphatic carbocycles. The smallest absolute Gasteiger partial charge is 0.269 e.